The predicted octanol–water partition coefficient (Wildman–Crippen LogP) is 2.37. The lowest BCUT2D eigenvalue weighted by atomic mass is 10.1. The van der Waals surface area contributed by atoms with Gasteiger partial charge in [0.1, 0.15) is 0 Å². The Morgan fingerprint density at radius 3 is 1.47 bits per heavy atom. The van der Waals surface area contributed by atoms with Gasteiger partial charge in [-0.15, -0.1) is 0 Å². The minimum absolute atomic E-state index is 0.0376. The fraction of sp³-hybridized carbons (Fsp3) is 0.0909. The van der Waals surface area contributed by atoms with E-state index >= 15 is 0 Å². The van der Waals surface area contributed by atoms with Gasteiger partial charge in [-0.2, -0.15) is 0 Å². The summed E-state index contributed by atoms with van der Waals surface area (Å²) in [5, 5.41) is 43.9. The maximum absolute atomic E-state index is 12.2. The van der Waals surface area contributed by atoms with Crippen LogP contribution in [0, 0.1) is 0 Å². The first-order valence-electron chi connectivity index (χ1n) is 9.03. The largest absolute Gasteiger partial charge is 0.504 e. The molecule has 0 saturated heterocycles. The Hall–Kier alpha value is -4.20. The van der Waals surface area contributed by atoms with E-state index in [1.54, 1.807) is 24.3 Å². The van der Waals surface area contributed by atoms with Gasteiger partial charge in [-0.1, -0.05) is 36.4 Å². The van der Waals surface area contributed by atoms with Crippen LogP contribution in [-0.2, 0) is 13.1 Å². The van der Waals surface area contributed by atoms with Gasteiger partial charge in [0.25, 0.3) is 11.8 Å². The van der Waals surface area contributed by atoms with Crippen LogP contribution in [0.4, 0.5) is 0 Å². The number of nitrogens with one attached hydrogen (secondary N) is 2. The molecular weight excluding hydrogens is 388 g/mol. The molecule has 8 heteroatoms. The first-order valence-corrected chi connectivity index (χ1v) is 9.03. The van der Waals surface area contributed by atoms with Crippen molar-refractivity contribution in [3.63, 3.8) is 0 Å². The molecule has 0 radical (unpaired) electrons. The summed E-state index contributed by atoms with van der Waals surface area (Å²) in [4.78, 5) is 24.4. The van der Waals surface area contributed by atoms with Crippen LogP contribution in [0.2, 0.25) is 0 Å². The highest BCUT2D eigenvalue weighted by Crippen LogP contribution is 2.28. The molecule has 0 aromatic heterocycles. The van der Waals surface area contributed by atoms with Crippen molar-refractivity contribution in [3.05, 3.63) is 82.9 Å². The van der Waals surface area contributed by atoms with Crippen LogP contribution < -0.4 is 10.6 Å². The third-order valence-electron chi connectivity index (χ3n) is 4.42. The van der Waals surface area contributed by atoms with Crippen molar-refractivity contribution in [3.8, 4) is 23.0 Å². The van der Waals surface area contributed by atoms with Crippen molar-refractivity contribution in [1.82, 2.24) is 10.6 Å². The average Bonchev–Trinajstić information content (AvgIpc) is 2.74. The number of aromatic hydroxyl groups is 4. The van der Waals surface area contributed by atoms with Crippen LogP contribution in [0.25, 0.3) is 0 Å². The molecule has 0 fully saturated rings. The van der Waals surface area contributed by atoms with E-state index in [1.165, 1.54) is 36.4 Å². The fourth-order valence-electron chi connectivity index (χ4n) is 2.83. The number of carbonyl (C=O) groups excluding carboxylic acids is 2. The molecule has 0 aliphatic heterocycles. The van der Waals surface area contributed by atoms with E-state index in [4.69, 9.17) is 0 Å². The Morgan fingerprint density at radius 1 is 0.633 bits per heavy atom. The third-order valence-corrected chi connectivity index (χ3v) is 4.42. The fourth-order valence-corrected chi connectivity index (χ4v) is 2.83. The summed E-state index contributed by atoms with van der Waals surface area (Å²) < 4.78 is 0. The van der Waals surface area contributed by atoms with Gasteiger partial charge in [0.05, 0.1) is 11.1 Å². The van der Waals surface area contributed by atoms with E-state index in [-0.39, 0.29) is 35.7 Å². The van der Waals surface area contributed by atoms with Gasteiger partial charge in [-0.05, 0) is 35.4 Å². The number of phenolic OH excluding ortho intramolecular Hbond substituents is 4. The van der Waals surface area contributed by atoms with E-state index in [9.17, 15) is 30.0 Å². The van der Waals surface area contributed by atoms with Gasteiger partial charge in [0.2, 0.25) is 0 Å². The monoisotopic (exact) mass is 408 g/mol. The lowest BCUT2D eigenvalue weighted by molar-refractivity contribution is 0.0940. The second-order valence-electron chi connectivity index (χ2n) is 6.53. The molecule has 8 nitrogen and oxygen atoms in total. The zero-order valence-corrected chi connectivity index (χ0v) is 15.8. The van der Waals surface area contributed by atoms with Gasteiger partial charge in [-0.3, -0.25) is 9.59 Å². The first kappa shape index (κ1) is 20.5. The molecule has 0 unspecified atom stereocenters. The molecule has 0 saturated carbocycles. The van der Waals surface area contributed by atoms with Crippen LogP contribution in [0.1, 0.15) is 31.8 Å². The molecule has 0 bridgehead atoms. The first-order chi connectivity index (χ1) is 14.4. The summed E-state index contributed by atoms with van der Waals surface area (Å²) >= 11 is 0. The van der Waals surface area contributed by atoms with Gasteiger partial charge in [0, 0.05) is 13.1 Å². The number of hydrogen-bond donors (Lipinski definition) is 6. The van der Waals surface area contributed by atoms with Crippen molar-refractivity contribution in [1.29, 1.82) is 0 Å². The SMILES string of the molecule is O=C(NCc1cccc(CNC(=O)c2cccc(O)c2O)c1)c1cccc(O)c1O. The maximum Gasteiger partial charge on any atom is 0.255 e. The van der Waals surface area contributed by atoms with Gasteiger partial charge >= 0.3 is 0 Å². The number of phenols is 4. The molecule has 6 N–H and O–H groups in total. The molecule has 30 heavy (non-hydrogen) atoms. The number of carbonyl (C=O) groups is 2. The molecular formula is C22H20N2O6. The standard InChI is InChI=1S/C22H20N2O6/c25-17-8-2-6-15(19(17)27)21(29)23-11-13-4-1-5-14(10-13)12-24-22(30)16-7-3-9-18(26)20(16)28/h1-10,25-28H,11-12H2,(H,23,29)(H,24,30). The summed E-state index contributed by atoms with van der Waals surface area (Å²) in [6, 6.07) is 15.4. The number of benzene rings is 3. The number of rotatable bonds is 6. The van der Waals surface area contributed by atoms with Crippen LogP contribution in [-0.4, -0.2) is 32.2 Å². The highest BCUT2D eigenvalue weighted by molar-refractivity contribution is 5.98. The van der Waals surface area contributed by atoms with E-state index in [2.05, 4.69) is 10.6 Å². The Bertz CT molecular complexity index is 1010. The van der Waals surface area contributed by atoms with Crippen molar-refractivity contribution in [2.24, 2.45) is 0 Å². The summed E-state index contributed by atoms with van der Waals surface area (Å²) in [5.74, 6) is -2.80. The lowest BCUT2D eigenvalue weighted by Crippen LogP contribution is -2.24. The number of para-hydroxylation sites is 2. The Balaban J connectivity index is 1.61. The minimum atomic E-state index is -0.540. The van der Waals surface area contributed by atoms with Crippen LogP contribution in [0.15, 0.2) is 60.7 Å². The Kier molecular flexibility index (Phi) is 6.07. The number of hydrogen-bond acceptors (Lipinski definition) is 6. The van der Waals surface area contributed by atoms with Gasteiger partial charge in [-0.25, -0.2) is 0 Å². The van der Waals surface area contributed by atoms with Crippen LogP contribution >= 0.6 is 0 Å². The van der Waals surface area contributed by atoms with Gasteiger partial charge in [0.15, 0.2) is 23.0 Å². The van der Waals surface area contributed by atoms with E-state index < -0.39 is 23.3 Å². The van der Waals surface area contributed by atoms with Crippen LogP contribution in [0.5, 0.6) is 23.0 Å². The number of amides is 2. The highest BCUT2D eigenvalue weighted by Gasteiger charge is 2.15. The average molecular weight is 408 g/mol. The van der Waals surface area contributed by atoms with E-state index in [1.807, 2.05) is 0 Å². The molecule has 0 aliphatic carbocycles. The normalized spacial score (nSPS) is 10.4. The second-order valence-corrected chi connectivity index (χ2v) is 6.53. The molecule has 0 heterocycles. The third kappa shape index (κ3) is 4.61. The Morgan fingerprint density at radius 2 is 1.03 bits per heavy atom. The molecule has 3 aromatic carbocycles. The predicted molar refractivity (Wildman–Crippen MR) is 108 cm³/mol. The summed E-state index contributed by atoms with van der Waals surface area (Å²) in [6.07, 6.45) is 0. The summed E-state index contributed by atoms with van der Waals surface area (Å²) in [7, 11) is 0. The molecule has 0 aliphatic rings. The second kappa shape index (κ2) is 8.87. The molecule has 0 atom stereocenters. The van der Waals surface area contributed by atoms with E-state index in [0.717, 1.165) is 11.1 Å². The Labute approximate surface area is 172 Å². The molecule has 3 aromatic rings. The molecule has 0 spiro atoms. The minimum Gasteiger partial charge on any atom is -0.504 e. The zero-order valence-electron chi connectivity index (χ0n) is 15.8. The summed E-state index contributed by atoms with van der Waals surface area (Å²) in [6.45, 7) is 0.339. The smallest absolute Gasteiger partial charge is 0.255 e. The highest BCUT2D eigenvalue weighted by atomic mass is 16.3. The zero-order chi connectivity index (χ0) is 21.7. The molecule has 3 rings (SSSR count). The van der Waals surface area contributed by atoms with E-state index in [0.29, 0.717) is 0 Å². The van der Waals surface area contributed by atoms with Crippen LogP contribution in [0.3, 0.4) is 0 Å². The topological polar surface area (TPSA) is 139 Å². The van der Waals surface area contributed by atoms with Crippen molar-refractivity contribution in [2.45, 2.75) is 13.1 Å². The maximum atomic E-state index is 12.2. The molecule has 154 valence electrons. The van der Waals surface area contributed by atoms with Crippen molar-refractivity contribution < 1.29 is 30.0 Å². The van der Waals surface area contributed by atoms with Crippen molar-refractivity contribution >= 4 is 11.8 Å². The summed E-state index contributed by atoms with van der Waals surface area (Å²) in [5.41, 5.74) is 1.44. The molecule has 2 amide bonds. The quantitative estimate of drug-likeness (QED) is 0.346. The lowest BCUT2D eigenvalue weighted by Gasteiger charge is -2.10. The van der Waals surface area contributed by atoms with Gasteiger partial charge < -0.3 is 31.1 Å². The van der Waals surface area contributed by atoms with Crippen molar-refractivity contribution in [2.75, 3.05) is 0 Å².